The molecule has 1 aliphatic heterocycles. The van der Waals surface area contributed by atoms with Gasteiger partial charge in [-0.2, -0.15) is 0 Å². The largest absolute Gasteiger partial charge is 0.319 e. The second kappa shape index (κ2) is 6.38. The van der Waals surface area contributed by atoms with Gasteiger partial charge in [0, 0.05) is 19.1 Å². The maximum Gasteiger partial charge on any atom is 0.0124 e. The summed E-state index contributed by atoms with van der Waals surface area (Å²) < 4.78 is 0. The lowest BCUT2D eigenvalue weighted by atomic mass is 9.82. The minimum atomic E-state index is 0.468. The third-order valence-corrected chi connectivity index (χ3v) is 5.17. The molecule has 0 amide bonds. The zero-order valence-corrected chi connectivity index (χ0v) is 12.7. The van der Waals surface area contributed by atoms with Crippen molar-refractivity contribution in [3.8, 4) is 0 Å². The molecule has 2 rings (SSSR count). The van der Waals surface area contributed by atoms with E-state index in [0.717, 1.165) is 18.5 Å². The predicted molar refractivity (Wildman–Crippen MR) is 78.9 cm³/mol. The Kier molecular flexibility index (Phi) is 5.08. The van der Waals surface area contributed by atoms with E-state index in [4.69, 9.17) is 0 Å². The molecule has 2 nitrogen and oxygen atoms in total. The first kappa shape index (κ1) is 14.3. The van der Waals surface area contributed by atoms with Crippen LogP contribution < -0.4 is 5.32 Å². The summed E-state index contributed by atoms with van der Waals surface area (Å²) in [6.07, 6.45) is 10.0. The topological polar surface area (TPSA) is 15.3 Å². The molecule has 0 spiro atoms. The maximum absolute atomic E-state index is 3.41. The Morgan fingerprint density at radius 2 is 2.00 bits per heavy atom. The first-order chi connectivity index (χ1) is 8.68. The van der Waals surface area contributed by atoms with Gasteiger partial charge in [0.2, 0.25) is 0 Å². The Balaban J connectivity index is 1.94. The van der Waals surface area contributed by atoms with Gasteiger partial charge < -0.3 is 5.32 Å². The highest BCUT2D eigenvalue weighted by atomic mass is 15.2. The first-order valence-corrected chi connectivity index (χ1v) is 8.07. The smallest absolute Gasteiger partial charge is 0.0124 e. The SMILES string of the molecule is CCCC(C)(CNC)CN1CCC2CCCCC21. The number of hydrogen-bond acceptors (Lipinski definition) is 2. The molecule has 18 heavy (non-hydrogen) atoms. The fourth-order valence-electron chi connectivity index (χ4n) is 4.44. The summed E-state index contributed by atoms with van der Waals surface area (Å²) in [7, 11) is 2.10. The molecule has 0 aromatic carbocycles. The van der Waals surface area contributed by atoms with Gasteiger partial charge in [0.15, 0.2) is 0 Å². The van der Waals surface area contributed by atoms with Crippen LogP contribution in [-0.2, 0) is 0 Å². The molecule has 1 aliphatic carbocycles. The van der Waals surface area contributed by atoms with Crippen molar-refractivity contribution in [3.63, 3.8) is 0 Å². The van der Waals surface area contributed by atoms with Crippen molar-refractivity contribution in [2.45, 2.75) is 64.8 Å². The molecular formula is C16H32N2. The Bertz CT molecular complexity index is 245. The number of rotatable bonds is 6. The summed E-state index contributed by atoms with van der Waals surface area (Å²) in [4.78, 5) is 2.83. The lowest BCUT2D eigenvalue weighted by molar-refractivity contribution is 0.112. The molecule has 1 saturated heterocycles. The summed E-state index contributed by atoms with van der Waals surface area (Å²) in [5, 5.41) is 3.41. The molecule has 3 unspecified atom stereocenters. The lowest BCUT2D eigenvalue weighted by Gasteiger charge is -2.39. The molecule has 1 N–H and O–H groups in total. The van der Waals surface area contributed by atoms with Crippen LogP contribution in [0.4, 0.5) is 0 Å². The fourth-order valence-corrected chi connectivity index (χ4v) is 4.44. The van der Waals surface area contributed by atoms with Gasteiger partial charge in [0.25, 0.3) is 0 Å². The van der Waals surface area contributed by atoms with Crippen LogP contribution in [0.15, 0.2) is 0 Å². The van der Waals surface area contributed by atoms with E-state index in [1.165, 1.54) is 58.0 Å². The van der Waals surface area contributed by atoms with Crippen LogP contribution in [0, 0.1) is 11.3 Å². The zero-order chi connectivity index (χ0) is 13.0. The number of hydrogen-bond donors (Lipinski definition) is 1. The molecule has 0 radical (unpaired) electrons. The molecule has 1 saturated carbocycles. The number of nitrogens with zero attached hydrogens (tertiary/aromatic N) is 1. The van der Waals surface area contributed by atoms with Gasteiger partial charge in [-0.25, -0.2) is 0 Å². The quantitative estimate of drug-likeness (QED) is 0.780. The first-order valence-electron chi connectivity index (χ1n) is 8.07. The summed E-state index contributed by atoms with van der Waals surface area (Å²) in [5.74, 6) is 1.03. The standard InChI is InChI=1S/C16H32N2/c1-4-10-16(2,12-17-3)13-18-11-9-14-7-5-6-8-15(14)18/h14-15,17H,4-13H2,1-3H3. The highest BCUT2D eigenvalue weighted by Crippen LogP contribution is 2.38. The van der Waals surface area contributed by atoms with Gasteiger partial charge in [-0.3, -0.25) is 4.90 Å². The van der Waals surface area contributed by atoms with E-state index in [-0.39, 0.29) is 0 Å². The van der Waals surface area contributed by atoms with Crippen molar-refractivity contribution < 1.29 is 0 Å². The Morgan fingerprint density at radius 1 is 1.22 bits per heavy atom. The fraction of sp³-hybridized carbons (Fsp3) is 1.00. The van der Waals surface area contributed by atoms with E-state index in [1.807, 2.05) is 0 Å². The third-order valence-electron chi connectivity index (χ3n) is 5.17. The van der Waals surface area contributed by atoms with Crippen molar-refractivity contribution in [2.24, 2.45) is 11.3 Å². The van der Waals surface area contributed by atoms with Crippen molar-refractivity contribution in [3.05, 3.63) is 0 Å². The summed E-state index contributed by atoms with van der Waals surface area (Å²) in [5.41, 5.74) is 0.468. The van der Waals surface area contributed by atoms with E-state index in [1.54, 1.807) is 0 Å². The minimum Gasteiger partial charge on any atom is -0.319 e. The van der Waals surface area contributed by atoms with Gasteiger partial charge in [-0.05, 0) is 50.6 Å². The lowest BCUT2D eigenvalue weighted by Crippen LogP contribution is -2.45. The molecule has 0 aromatic rings. The molecule has 106 valence electrons. The minimum absolute atomic E-state index is 0.468. The van der Waals surface area contributed by atoms with Crippen LogP contribution in [0.2, 0.25) is 0 Å². The second-order valence-corrected chi connectivity index (χ2v) is 6.96. The normalized spacial score (nSPS) is 32.2. The molecule has 0 aromatic heterocycles. The molecule has 2 heteroatoms. The number of fused-ring (bicyclic) bond motifs is 1. The van der Waals surface area contributed by atoms with Gasteiger partial charge >= 0.3 is 0 Å². The Hall–Kier alpha value is -0.0800. The number of nitrogens with one attached hydrogen (secondary N) is 1. The van der Waals surface area contributed by atoms with E-state index in [2.05, 4.69) is 31.1 Å². The Labute approximate surface area is 114 Å². The van der Waals surface area contributed by atoms with Gasteiger partial charge in [-0.1, -0.05) is 33.1 Å². The maximum atomic E-state index is 3.41. The van der Waals surface area contributed by atoms with Gasteiger partial charge in [0.1, 0.15) is 0 Å². The van der Waals surface area contributed by atoms with Crippen LogP contribution in [0.1, 0.15) is 58.8 Å². The molecule has 1 heterocycles. The highest BCUT2D eigenvalue weighted by Gasteiger charge is 2.38. The average molecular weight is 252 g/mol. The van der Waals surface area contributed by atoms with Crippen LogP contribution >= 0.6 is 0 Å². The van der Waals surface area contributed by atoms with Crippen LogP contribution in [0.5, 0.6) is 0 Å². The highest BCUT2D eigenvalue weighted by molar-refractivity contribution is 4.93. The average Bonchev–Trinajstić information content (AvgIpc) is 2.73. The van der Waals surface area contributed by atoms with E-state index in [0.29, 0.717) is 5.41 Å². The van der Waals surface area contributed by atoms with Gasteiger partial charge in [-0.15, -0.1) is 0 Å². The van der Waals surface area contributed by atoms with Crippen molar-refractivity contribution >= 4 is 0 Å². The van der Waals surface area contributed by atoms with Crippen LogP contribution in [-0.4, -0.2) is 37.6 Å². The monoisotopic (exact) mass is 252 g/mol. The molecular weight excluding hydrogens is 220 g/mol. The van der Waals surface area contributed by atoms with Crippen LogP contribution in [0.25, 0.3) is 0 Å². The van der Waals surface area contributed by atoms with Crippen LogP contribution in [0.3, 0.4) is 0 Å². The van der Waals surface area contributed by atoms with E-state index >= 15 is 0 Å². The molecule has 0 bridgehead atoms. The van der Waals surface area contributed by atoms with E-state index in [9.17, 15) is 0 Å². The van der Waals surface area contributed by atoms with Gasteiger partial charge in [0.05, 0.1) is 0 Å². The van der Waals surface area contributed by atoms with Crippen molar-refractivity contribution in [2.75, 3.05) is 26.7 Å². The summed E-state index contributed by atoms with van der Waals surface area (Å²) in [6.45, 7) is 8.63. The molecule has 3 atom stereocenters. The predicted octanol–water partition coefficient (Wildman–Crippen LogP) is 3.28. The summed E-state index contributed by atoms with van der Waals surface area (Å²) >= 11 is 0. The second-order valence-electron chi connectivity index (χ2n) is 6.96. The summed E-state index contributed by atoms with van der Waals surface area (Å²) in [6, 6.07) is 0.923. The zero-order valence-electron chi connectivity index (χ0n) is 12.7. The molecule has 2 fully saturated rings. The Morgan fingerprint density at radius 3 is 2.72 bits per heavy atom. The number of likely N-dealkylation sites (tertiary alicyclic amines) is 1. The van der Waals surface area contributed by atoms with Crippen molar-refractivity contribution in [1.29, 1.82) is 0 Å². The molecule has 2 aliphatic rings. The van der Waals surface area contributed by atoms with Crippen molar-refractivity contribution in [1.82, 2.24) is 10.2 Å². The third kappa shape index (κ3) is 3.27. The van der Waals surface area contributed by atoms with E-state index < -0.39 is 0 Å².